The fraction of sp³-hybridized carbons (Fsp3) is 0.500. The van der Waals surface area contributed by atoms with Crippen molar-refractivity contribution in [3.8, 4) is 10.4 Å². The number of hydrogen-bond acceptors (Lipinski definition) is 6. The van der Waals surface area contributed by atoms with E-state index in [1.54, 1.807) is 6.92 Å². The number of primary amides is 1. The van der Waals surface area contributed by atoms with E-state index in [0.29, 0.717) is 35.0 Å². The number of likely N-dealkylation sites (tertiary alicyclic amines) is 1. The molecule has 12 heteroatoms. The summed E-state index contributed by atoms with van der Waals surface area (Å²) in [6.45, 7) is 3.94. The molecule has 1 saturated heterocycles. The Bertz CT molecular complexity index is 1080. The van der Waals surface area contributed by atoms with Crippen LogP contribution < -0.4 is 11.4 Å². The van der Waals surface area contributed by atoms with Crippen molar-refractivity contribution < 1.29 is 27.2 Å². The zero-order chi connectivity index (χ0) is 23.1. The van der Waals surface area contributed by atoms with Crippen molar-refractivity contribution in [1.29, 1.82) is 0 Å². The van der Waals surface area contributed by atoms with Crippen LogP contribution in [0.5, 0.6) is 0 Å². The lowest BCUT2D eigenvalue weighted by Crippen LogP contribution is -2.44. The summed E-state index contributed by atoms with van der Waals surface area (Å²) in [4.78, 5) is 42.4. The van der Waals surface area contributed by atoms with E-state index in [-0.39, 0.29) is 31.4 Å². The highest BCUT2D eigenvalue weighted by Crippen LogP contribution is 2.41. The van der Waals surface area contributed by atoms with Crippen molar-refractivity contribution in [1.82, 2.24) is 9.88 Å². The fourth-order valence-electron chi connectivity index (χ4n) is 3.44. The second-order valence-corrected chi connectivity index (χ2v) is 9.08. The monoisotopic (exact) mass is 491 g/mol. The highest BCUT2D eigenvalue weighted by molar-refractivity contribution is 7.59. The SMILES string of the molecule is Cc1nc(CC(=O)N2CCC[C@H]2C(N)=O)sc1-c1cc(C(C)(C)C(F)(F)F)oc(=O)c1.S. The van der Waals surface area contributed by atoms with Gasteiger partial charge in [-0.3, -0.25) is 9.59 Å². The molecule has 2 aromatic rings. The van der Waals surface area contributed by atoms with Gasteiger partial charge in [0.1, 0.15) is 22.2 Å². The van der Waals surface area contributed by atoms with Crippen molar-refractivity contribution in [2.75, 3.05) is 6.54 Å². The Morgan fingerprint density at radius 2 is 1.97 bits per heavy atom. The summed E-state index contributed by atoms with van der Waals surface area (Å²) in [7, 11) is 0. The van der Waals surface area contributed by atoms with Crippen LogP contribution in [0.2, 0.25) is 0 Å². The number of carbonyl (C=O) groups excluding carboxylic acids is 2. The average Bonchev–Trinajstić information content (AvgIpc) is 3.27. The van der Waals surface area contributed by atoms with E-state index in [1.165, 1.54) is 11.0 Å². The molecule has 0 spiro atoms. The molecule has 0 unspecified atom stereocenters. The zero-order valence-corrected chi connectivity index (χ0v) is 19.5. The molecule has 2 aromatic heterocycles. The molecule has 2 N–H and O–H groups in total. The number of aryl methyl sites for hydroxylation is 1. The smallest absolute Gasteiger partial charge is 0.400 e. The zero-order valence-electron chi connectivity index (χ0n) is 17.7. The second kappa shape index (κ2) is 9.26. The summed E-state index contributed by atoms with van der Waals surface area (Å²) in [5, 5.41) is 0.428. The molecule has 0 bridgehead atoms. The first-order chi connectivity index (χ1) is 14.3. The van der Waals surface area contributed by atoms with E-state index in [0.717, 1.165) is 31.3 Å². The molecule has 1 aliphatic heterocycles. The molecule has 1 fully saturated rings. The summed E-state index contributed by atoms with van der Waals surface area (Å²) in [6.07, 6.45) is -3.49. The normalized spacial score (nSPS) is 16.7. The number of nitrogens with zero attached hydrogens (tertiary/aromatic N) is 2. The molecule has 1 aliphatic rings. The van der Waals surface area contributed by atoms with Crippen LogP contribution in [0.3, 0.4) is 0 Å². The van der Waals surface area contributed by atoms with Gasteiger partial charge in [-0.1, -0.05) is 0 Å². The van der Waals surface area contributed by atoms with Gasteiger partial charge in [0.2, 0.25) is 11.8 Å². The minimum absolute atomic E-state index is 0. The van der Waals surface area contributed by atoms with Crippen molar-refractivity contribution in [3.63, 3.8) is 0 Å². The first kappa shape index (κ1) is 25.9. The number of hydrogen-bond donors (Lipinski definition) is 1. The summed E-state index contributed by atoms with van der Waals surface area (Å²) in [5.41, 5.74) is 2.80. The lowest BCUT2D eigenvalue weighted by atomic mass is 9.88. The number of aromatic nitrogens is 1. The van der Waals surface area contributed by atoms with Crippen molar-refractivity contribution in [2.24, 2.45) is 5.73 Å². The number of thiazole rings is 1. The van der Waals surface area contributed by atoms with Gasteiger partial charge in [0.15, 0.2) is 0 Å². The Hall–Kier alpha value is -2.34. The van der Waals surface area contributed by atoms with Gasteiger partial charge in [-0.25, -0.2) is 9.78 Å². The van der Waals surface area contributed by atoms with Crippen LogP contribution in [0.4, 0.5) is 13.2 Å². The van der Waals surface area contributed by atoms with Crippen LogP contribution in [-0.4, -0.2) is 40.5 Å². The van der Waals surface area contributed by atoms with Gasteiger partial charge < -0.3 is 15.1 Å². The maximum absolute atomic E-state index is 13.4. The van der Waals surface area contributed by atoms with Gasteiger partial charge >= 0.3 is 11.8 Å². The van der Waals surface area contributed by atoms with Crippen LogP contribution in [0.25, 0.3) is 10.4 Å². The van der Waals surface area contributed by atoms with E-state index in [4.69, 9.17) is 10.2 Å². The predicted molar refractivity (Wildman–Crippen MR) is 118 cm³/mol. The number of nitrogens with two attached hydrogens (primary N) is 1. The van der Waals surface area contributed by atoms with Gasteiger partial charge in [-0.15, -0.1) is 11.3 Å². The Morgan fingerprint density at radius 3 is 2.56 bits per heavy atom. The van der Waals surface area contributed by atoms with E-state index < -0.39 is 34.9 Å². The van der Waals surface area contributed by atoms with Crippen LogP contribution in [0.15, 0.2) is 21.3 Å². The largest absolute Gasteiger partial charge is 0.427 e. The van der Waals surface area contributed by atoms with Crippen LogP contribution in [0, 0.1) is 6.92 Å². The fourth-order valence-corrected chi connectivity index (χ4v) is 4.49. The maximum atomic E-state index is 13.4. The van der Waals surface area contributed by atoms with Crippen LogP contribution >= 0.6 is 24.8 Å². The van der Waals surface area contributed by atoms with E-state index in [2.05, 4.69) is 4.98 Å². The number of carbonyl (C=O) groups is 2. The van der Waals surface area contributed by atoms with Gasteiger partial charge in [0, 0.05) is 18.2 Å². The lowest BCUT2D eigenvalue weighted by Gasteiger charge is -2.26. The van der Waals surface area contributed by atoms with Gasteiger partial charge in [0.25, 0.3) is 0 Å². The number of amides is 2. The Labute approximate surface area is 193 Å². The average molecular weight is 492 g/mol. The number of alkyl halides is 3. The Kier molecular flexibility index (Phi) is 7.50. The van der Waals surface area contributed by atoms with Crippen molar-refractivity contribution in [2.45, 2.75) is 57.7 Å². The third-order valence-corrected chi connectivity index (χ3v) is 6.61. The quantitative estimate of drug-likeness (QED) is 0.692. The maximum Gasteiger partial charge on any atom is 0.400 e. The van der Waals surface area contributed by atoms with Gasteiger partial charge in [0.05, 0.1) is 17.0 Å². The molecule has 1 atom stereocenters. The minimum atomic E-state index is -4.62. The summed E-state index contributed by atoms with van der Waals surface area (Å²) in [6, 6.07) is 1.65. The highest BCUT2D eigenvalue weighted by Gasteiger charge is 2.50. The minimum Gasteiger partial charge on any atom is -0.427 e. The molecular formula is C20H24F3N3O4S2. The molecule has 7 nitrogen and oxygen atoms in total. The van der Waals surface area contributed by atoms with E-state index in [9.17, 15) is 27.6 Å². The first-order valence-electron chi connectivity index (χ1n) is 9.59. The molecule has 0 saturated carbocycles. The Morgan fingerprint density at radius 1 is 1.31 bits per heavy atom. The molecule has 3 heterocycles. The van der Waals surface area contributed by atoms with Crippen molar-refractivity contribution >= 4 is 36.6 Å². The molecule has 2 amide bonds. The molecule has 0 radical (unpaired) electrons. The second-order valence-electron chi connectivity index (χ2n) is 8.00. The molecule has 0 aliphatic carbocycles. The predicted octanol–water partition coefficient (Wildman–Crippen LogP) is 3.04. The number of rotatable bonds is 5. The topological polar surface area (TPSA) is 106 Å². The number of halogens is 3. The van der Waals surface area contributed by atoms with Crippen molar-refractivity contribution in [3.05, 3.63) is 39.0 Å². The first-order valence-corrected chi connectivity index (χ1v) is 10.4. The molecule has 176 valence electrons. The molecule has 3 rings (SSSR count). The third kappa shape index (κ3) is 5.01. The molecule has 32 heavy (non-hydrogen) atoms. The van der Waals surface area contributed by atoms with Crippen LogP contribution in [-0.2, 0) is 21.4 Å². The van der Waals surface area contributed by atoms with Gasteiger partial charge in [-0.05, 0) is 39.7 Å². The van der Waals surface area contributed by atoms with Crippen LogP contribution in [0.1, 0.15) is 43.2 Å². The summed E-state index contributed by atoms with van der Waals surface area (Å²) in [5.74, 6) is -1.36. The third-order valence-electron chi connectivity index (χ3n) is 5.40. The molecule has 0 aromatic carbocycles. The summed E-state index contributed by atoms with van der Waals surface area (Å²) < 4.78 is 45.1. The Balaban J connectivity index is 0.00000363. The summed E-state index contributed by atoms with van der Waals surface area (Å²) >= 11 is 1.11. The standard InChI is InChI=1S/C20H22F3N3O4S.H2S/c1-10-17(11-7-13(30-16(28)8-11)19(2,3)20(21,22)23)31-14(25-10)9-15(27)26-6-4-5-12(26)18(24)29;/h7-8,12H,4-6,9H2,1-3H3,(H2,24,29);1H2/t12-;/m0./s1. The van der Waals surface area contributed by atoms with Gasteiger partial charge in [-0.2, -0.15) is 26.7 Å². The van der Waals surface area contributed by atoms with E-state index in [1.807, 2.05) is 0 Å². The molecular weight excluding hydrogens is 467 g/mol. The van der Waals surface area contributed by atoms with E-state index >= 15 is 0 Å². The highest BCUT2D eigenvalue weighted by atomic mass is 32.1. The lowest BCUT2D eigenvalue weighted by molar-refractivity contribution is -0.185.